The summed E-state index contributed by atoms with van der Waals surface area (Å²) in [4.78, 5) is 13.8. The van der Waals surface area contributed by atoms with Gasteiger partial charge in [0.2, 0.25) is 0 Å². The lowest BCUT2D eigenvalue weighted by atomic mass is 9.78. The normalized spacial score (nSPS) is 28.3. The highest BCUT2D eigenvalue weighted by atomic mass is 35.5. The van der Waals surface area contributed by atoms with Gasteiger partial charge in [0.1, 0.15) is 5.82 Å². The van der Waals surface area contributed by atoms with Crippen LogP contribution in [0, 0.1) is 5.41 Å². The second-order valence-electron chi connectivity index (χ2n) is 9.93. The predicted octanol–water partition coefficient (Wildman–Crippen LogP) is -2.65. The van der Waals surface area contributed by atoms with Crippen molar-refractivity contribution in [2.75, 3.05) is 25.0 Å². The van der Waals surface area contributed by atoms with Crippen molar-refractivity contribution in [3.05, 3.63) is 35.9 Å². The van der Waals surface area contributed by atoms with Gasteiger partial charge in [0, 0.05) is 43.3 Å². The van der Waals surface area contributed by atoms with E-state index in [0.29, 0.717) is 19.5 Å². The summed E-state index contributed by atoms with van der Waals surface area (Å²) < 4.78 is 0. The van der Waals surface area contributed by atoms with Crippen LogP contribution in [0.15, 0.2) is 30.9 Å². The fourth-order valence-corrected chi connectivity index (χ4v) is 6.04. The molecule has 0 aromatic carbocycles. The van der Waals surface area contributed by atoms with Crippen LogP contribution in [0.3, 0.4) is 0 Å². The number of hydrogen-bond donors (Lipinski definition) is 8. The van der Waals surface area contributed by atoms with Crippen molar-refractivity contribution >= 4 is 17.4 Å². The second-order valence-corrected chi connectivity index (χ2v) is 10.4. The van der Waals surface area contributed by atoms with Crippen LogP contribution in [0.1, 0.15) is 19.3 Å². The van der Waals surface area contributed by atoms with E-state index in [1.165, 1.54) is 24.7 Å². The maximum Gasteiger partial charge on any atom is 0.325 e. The Kier molecular flexibility index (Phi) is 5.65. The zero-order valence-corrected chi connectivity index (χ0v) is 19.9. The number of aromatic nitrogens is 3. The number of aliphatic hydroxyl groups is 8. The molecule has 4 heterocycles. The smallest absolute Gasteiger partial charge is 0.325 e. The zero-order chi connectivity index (χ0) is 26.3. The Morgan fingerprint density at radius 2 is 1.53 bits per heavy atom. The molecule has 0 radical (unpaired) electrons. The standard InChI is InChI=1S/C21H27ClN6O8/c1-26-10-17(11-26)3-2-13(7-17)27-18(29,30)20(33,34)28(21(35,36)19(27,31)32)16-14(6-12(22)8-25-16)15-9-23-4-5-24-15/h4-6,8-9,13,29-36H,2-3,7,10-11H2,1H3. The van der Waals surface area contributed by atoms with E-state index in [1.807, 2.05) is 11.9 Å². The van der Waals surface area contributed by atoms with Gasteiger partial charge in [0.25, 0.3) is 0 Å². The molecule has 1 saturated carbocycles. The van der Waals surface area contributed by atoms with Crippen molar-refractivity contribution in [2.45, 2.75) is 48.9 Å². The molecule has 3 fully saturated rings. The Balaban J connectivity index is 1.63. The van der Waals surface area contributed by atoms with Gasteiger partial charge in [-0.05, 0) is 37.8 Å². The molecule has 0 amide bonds. The largest absolute Gasteiger partial charge is 0.347 e. The monoisotopic (exact) mass is 526 g/mol. The van der Waals surface area contributed by atoms with Gasteiger partial charge in [0.05, 0.1) is 16.9 Å². The van der Waals surface area contributed by atoms with E-state index in [0.717, 1.165) is 6.20 Å². The molecule has 1 spiro atoms. The molecule has 15 heteroatoms. The lowest BCUT2D eigenvalue weighted by molar-refractivity contribution is -0.553. The minimum absolute atomic E-state index is 0.0197. The number of rotatable bonds is 3. The van der Waals surface area contributed by atoms with Gasteiger partial charge in [0.15, 0.2) is 0 Å². The molecule has 0 bridgehead atoms. The van der Waals surface area contributed by atoms with Crippen LogP contribution < -0.4 is 4.90 Å². The van der Waals surface area contributed by atoms with E-state index in [-0.39, 0.29) is 44.3 Å². The lowest BCUT2D eigenvalue weighted by Crippen LogP contribution is -2.91. The van der Waals surface area contributed by atoms with Crippen LogP contribution in [0.4, 0.5) is 5.82 Å². The maximum atomic E-state index is 11.1. The molecule has 8 N–H and O–H groups in total. The Bertz CT molecular complexity index is 1130. The molecule has 2 aromatic heterocycles. The summed E-state index contributed by atoms with van der Waals surface area (Å²) in [5.41, 5.74) is -0.403. The number of hydrogen-bond acceptors (Lipinski definition) is 14. The number of halogens is 1. The second kappa shape index (κ2) is 7.96. The first kappa shape index (κ1) is 25.6. The molecule has 1 unspecified atom stereocenters. The van der Waals surface area contributed by atoms with E-state index in [2.05, 4.69) is 15.0 Å². The fraction of sp³-hybridized carbons (Fsp3) is 0.571. The van der Waals surface area contributed by atoms with Gasteiger partial charge in [-0.15, -0.1) is 0 Å². The first-order valence-corrected chi connectivity index (χ1v) is 11.5. The molecule has 14 nitrogen and oxygen atoms in total. The van der Waals surface area contributed by atoms with Crippen LogP contribution in [0.5, 0.6) is 0 Å². The van der Waals surface area contributed by atoms with Gasteiger partial charge in [-0.3, -0.25) is 9.97 Å². The quantitative estimate of drug-likeness (QED) is 0.192. The summed E-state index contributed by atoms with van der Waals surface area (Å²) in [5, 5.41) is 88.6. The summed E-state index contributed by atoms with van der Waals surface area (Å²) in [5.74, 6) is -16.3. The van der Waals surface area contributed by atoms with Crippen LogP contribution in [0.2, 0.25) is 5.02 Å². The third kappa shape index (κ3) is 3.46. The molecule has 1 atom stereocenters. The third-order valence-electron chi connectivity index (χ3n) is 7.33. The third-order valence-corrected chi connectivity index (χ3v) is 7.54. The molecule has 5 rings (SSSR count). The maximum absolute atomic E-state index is 11.1. The number of pyridine rings is 1. The van der Waals surface area contributed by atoms with Crippen LogP contribution in [-0.4, -0.2) is 115 Å². The van der Waals surface area contributed by atoms with Crippen molar-refractivity contribution in [3.63, 3.8) is 0 Å². The molecule has 2 saturated heterocycles. The first-order valence-electron chi connectivity index (χ1n) is 11.1. The van der Waals surface area contributed by atoms with Gasteiger partial charge in [-0.1, -0.05) is 11.6 Å². The SMILES string of the molecule is CN1CC2(CCC(N3C(O)(O)C(O)(O)N(c4ncc(Cl)cc4-c4cnccn4)C(O)(O)C3(O)O)C2)C1. The molecular formula is C21H27ClN6O8. The van der Waals surface area contributed by atoms with E-state index >= 15 is 0 Å². The summed E-state index contributed by atoms with van der Waals surface area (Å²) in [6.07, 6.45) is 5.82. The molecule has 2 aromatic rings. The van der Waals surface area contributed by atoms with Gasteiger partial charge in [-0.2, -0.15) is 4.90 Å². The highest BCUT2D eigenvalue weighted by Crippen LogP contribution is 2.54. The van der Waals surface area contributed by atoms with Crippen molar-refractivity contribution in [3.8, 4) is 11.3 Å². The number of piperazine rings is 1. The average molecular weight is 527 g/mol. The van der Waals surface area contributed by atoms with E-state index in [1.54, 1.807) is 0 Å². The van der Waals surface area contributed by atoms with Gasteiger partial charge < -0.3 is 45.8 Å². The van der Waals surface area contributed by atoms with E-state index < -0.39 is 35.5 Å². The molecular weight excluding hydrogens is 500 g/mol. The Morgan fingerprint density at radius 3 is 2.08 bits per heavy atom. The Morgan fingerprint density at radius 1 is 0.889 bits per heavy atom. The highest BCUT2D eigenvalue weighted by Gasteiger charge is 2.79. The molecule has 2 aliphatic heterocycles. The number of likely N-dealkylation sites (tertiary alicyclic amines) is 1. The summed E-state index contributed by atoms with van der Waals surface area (Å²) >= 11 is 6.04. The van der Waals surface area contributed by atoms with Crippen molar-refractivity contribution in [1.29, 1.82) is 0 Å². The first-order chi connectivity index (χ1) is 16.6. The van der Waals surface area contributed by atoms with Crippen molar-refractivity contribution < 1.29 is 40.9 Å². The van der Waals surface area contributed by atoms with Crippen LogP contribution in [-0.2, 0) is 0 Å². The minimum atomic E-state index is -3.95. The summed E-state index contributed by atoms with van der Waals surface area (Å²) in [7, 11) is 1.90. The highest BCUT2D eigenvalue weighted by molar-refractivity contribution is 6.30. The fourth-order valence-electron chi connectivity index (χ4n) is 5.88. The van der Waals surface area contributed by atoms with Crippen molar-refractivity contribution in [1.82, 2.24) is 24.8 Å². The van der Waals surface area contributed by atoms with Crippen LogP contribution >= 0.6 is 11.6 Å². The summed E-state index contributed by atoms with van der Waals surface area (Å²) in [6, 6.07) is 0.147. The van der Waals surface area contributed by atoms with Crippen molar-refractivity contribution in [2.24, 2.45) is 5.41 Å². The molecule has 1 aliphatic carbocycles. The molecule has 36 heavy (non-hydrogen) atoms. The van der Waals surface area contributed by atoms with Gasteiger partial charge >= 0.3 is 23.6 Å². The molecule has 196 valence electrons. The van der Waals surface area contributed by atoms with E-state index in [9.17, 15) is 40.9 Å². The zero-order valence-electron chi connectivity index (χ0n) is 19.1. The number of nitrogens with zero attached hydrogens (tertiary/aromatic N) is 6. The average Bonchev–Trinajstić information content (AvgIpc) is 3.18. The summed E-state index contributed by atoms with van der Waals surface area (Å²) in [6.45, 7) is 1.33. The number of anilines is 1. The predicted molar refractivity (Wildman–Crippen MR) is 121 cm³/mol. The van der Waals surface area contributed by atoms with E-state index in [4.69, 9.17) is 11.6 Å². The Labute approximate surface area is 209 Å². The van der Waals surface area contributed by atoms with Crippen LogP contribution in [0.25, 0.3) is 11.3 Å². The Hall–Kier alpha value is -2.08. The van der Waals surface area contributed by atoms with Gasteiger partial charge in [-0.25, -0.2) is 9.88 Å². The minimum Gasteiger partial charge on any atom is -0.347 e. The lowest BCUT2D eigenvalue weighted by Gasteiger charge is -2.62. The molecule has 3 aliphatic rings. The topological polar surface area (TPSA) is 210 Å².